The number of hydrogen-bond donors (Lipinski definition) is 1. The van der Waals surface area contributed by atoms with Crippen LogP contribution in [-0.2, 0) is 23.9 Å². The minimum absolute atomic E-state index is 0.0836. The molecule has 2 atom stereocenters. The third-order valence-corrected chi connectivity index (χ3v) is 3.97. The summed E-state index contributed by atoms with van der Waals surface area (Å²) in [5.74, 6) is -2.55. The number of morpholine rings is 1. The number of carbonyl (C=O) groups is 3. The summed E-state index contributed by atoms with van der Waals surface area (Å²) in [6.45, 7) is 3.18. The molecule has 1 aliphatic rings. The zero-order chi connectivity index (χ0) is 19.6. The van der Waals surface area contributed by atoms with Crippen LogP contribution in [0.2, 0.25) is 0 Å². The zero-order valence-electron chi connectivity index (χ0n) is 14.7. The fourth-order valence-corrected chi connectivity index (χ4v) is 2.80. The van der Waals surface area contributed by atoms with Crippen molar-refractivity contribution in [3.8, 4) is 5.69 Å². The lowest BCUT2D eigenvalue weighted by Crippen LogP contribution is -2.55. The van der Waals surface area contributed by atoms with E-state index in [1.807, 2.05) is 13.0 Å². The van der Waals surface area contributed by atoms with Crippen LogP contribution in [0.5, 0.6) is 0 Å². The summed E-state index contributed by atoms with van der Waals surface area (Å²) < 4.78 is 11.7. The number of anilines is 1. The summed E-state index contributed by atoms with van der Waals surface area (Å²) >= 11 is 0. The van der Waals surface area contributed by atoms with Gasteiger partial charge in [-0.25, -0.2) is 9.48 Å². The number of esters is 1. The molecule has 0 bridgehead atoms. The SMILES string of the molecule is CC(=O)O[C@@H](C(=O)O)[C@H]1OCCN(c2cc(C)n(-c3cccnc3)n2)C1=O. The van der Waals surface area contributed by atoms with Crippen LogP contribution in [0.15, 0.2) is 30.6 Å². The largest absolute Gasteiger partial charge is 0.478 e. The van der Waals surface area contributed by atoms with Crippen molar-refractivity contribution in [3.63, 3.8) is 0 Å². The standard InChI is InChI=1S/C17H18N4O6/c1-10-8-13(19-21(10)12-4-3-5-18-9-12)20-6-7-26-14(16(20)23)15(17(24)25)27-11(2)22/h3-5,8-9,14-15H,6-7H2,1-2H3,(H,24,25)/t14-,15-/m1/s1. The highest BCUT2D eigenvalue weighted by Crippen LogP contribution is 2.23. The molecule has 0 aliphatic carbocycles. The first-order chi connectivity index (χ1) is 12.9. The molecule has 1 aliphatic heterocycles. The quantitative estimate of drug-likeness (QED) is 0.742. The molecule has 1 saturated heterocycles. The van der Waals surface area contributed by atoms with E-state index in [9.17, 15) is 19.5 Å². The van der Waals surface area contributed by atoms with Crippen molar-refractivity contribution >= 4 is 23.7 Å². The lowest BCUT2D eigenvalue weighted by atomic mass is 10.1. The number of aryl methyl sites for hydroxylation is 1. The van der Waals surface area contributed by atoms with Crippen LogP contribution in [0.3, 0.4) is 0 Å². The third kappa shape index (κ3) is 3.80. The van der Waals surface area contributed by atoms with Crippen LogP contribution < -0.4 is 4.90 Å². The highest BCUT2D eigenvalue weighted by molar-refractivity contribution is 6.00. The Morgan fingerprint density at radius 3 is 2.85 bits per heavy atom. The highest BCUT2D eigenvalue weighted by Gasteiger charge is 2.43. The van der Waals surface area contributed by atoms with Crippen molar-refractivity contribution in [2.75, 3.05) is 18.1 Å². The lowest BCUT2D eigenvalue weighted by Gasteiger charge is -2.33. The second kappa shape index (κ2) is 7.54. The average molecular weight is 374 g/mol. The molecule has 10 nitrogen and oxygen atoms in total. The van der Waals surface area contributed by atoms with E-state index in [4.69, 9.17) is 9.47 Å². The summed E-state index contributed by atoms with van der Waals surface area (Å²) in [6, 6.07) is 5.29. The van der Waals surface area contributed by atoms with Crippen molar-refractivity contribution in [2.45, 2.75) is 26.1 Å². The molecule has 0 saturated carbocycles. The van der Waals surface area contributed by atoms with Gasteiger partial charge >= 0.3 is 11.9 Å². The molecule has 1 fully saturated rings. The maximum absolute atomic E-state index is 12.8. The van der Waals surface area contributed by atoms with Gasteiger partial charge < -0.3 is 14.6 Å². The molecule has 3 heterocycles. The smallest absolute Gasteiger partial charge is 0.348 e. The fraction of sp³-hybridized carbons (Fsp3) is 0.353. The van der Waals surface area contributed by atoms with Crippen molar-refractivity contribution in [3.05, 3.63) is 36.3 Å². The number of aliphatic carboxylic acids is 1. The molecule has 1 N–H and O–H groups in total. The number of carboxylic acid groups (broad SMARTS) is 1. The van der Waals surface area contributed by atoms with Gasteiger partial charge in [0.05, 0.1) is 25.0 Å². The number of carboxylic acids is 1. The molecule has 142 valence electrons. The Labute approximate surface area is 154 Å². The lowest BCUT2D eigenvalue weighted by molar-refractivity contribution is -0.177. The minimum Gasteiger partial charge on any atom is -0.478 e. The molecule has 0 aromatic carbocycles. The Morgan fingerprint density at radius 2 is 2.22 bits per heavy atom. The number of nitrogens with zero attached hydrogens (tertiary/aromatic N) is 4. The summed E-state index contributed by atoms with van der Waals surface area (Å²) in [7, 11) is 0. The molecule has 0 unspecified atom stereocenters. The van der Waals surface area contributed by atoms with E-state index in [0.29, 0.717) is 5.82 Å². The van der Waals surface area contributed by atoms with Gasteiger partial charge in [-0.1, -0.05) is 0 Å². The fourth-order valence-electron chi connectivity index (χ4n) is 2.80. The van der Waals surface area contributed by atoms with Crippen LogP contribution in [0.25, 0.3) is 5.69 Å². The van der Waals surface area contributed by atoms with Crippen LogP contribution in [0, 0.1) is 6.92 Å². The summed E-state index contributed by atoms with van der Waals surface area (Å²) in [4.78, 5) is 40.8. The second-order valence-electron chi connectivity index (χ2n) is 5.92. The van der Waals surface area contributed by atoms with E-state index in [1.165, 1.54) is 4.90 Å². The Hall–Kier alpha value is -3.27. The van der Waals surface area contributed by atoms with Gasteiger partial charge in [0.1, 0.15) is 0 Å². The van der Waals surface area contributed by atoms with E-state index < -0.39 is 30.1 Å². The van der Waals surface area contributed by atoms with E-state index >= 15 is 0 Å². The summed E-state index contributed by atoms with van der Waals surface area (Å²) in [6.07, 6.45) is 0.109. The predicted molar refractivity (Wildman–Crippen MR) is 91.4 cm³/mol. The van der Waals surface area contributed by atoms with Crippen molar-refractivity contribution in [1.29, 1.82) is 0 Å². The molecular weight excluding hydrogens is 356 g/mol. The monoisotopic (exact) mass is 374 g/mol. The van der Waals surface area contributed by atoms with E-state index in [2.05, 4.69) is 10.1 Å². The van der Waals surface area contributed by atoms with Gasteiger partial charge in [-0.3, -0.25) is 19.5 Å². The van der Waals surface area contributed by atoms with Gasteiger partial charge in [-0.2, -0.15) is 0 Å². The number of carbonyl (C=O) groups excluding carboxylic acids is 2. The Balaban J connectivity index is 1.88. The number of ether oxygens (including phenoxy) is 2. The Morgan fingerprint density at radius 1 is 1.44 bits per heavy atom. The first-order valence-electron chi connectivity index (χ1n) is 8.18. The van der Waals surface area contributed by atoms with Crippen LogP contribution >= 0.6 is 0 Å². The molecule has 27 heavy (non-hydrogen) atoms. The number of pyridine rings is 1. The first-order valence-corrected chi connectivity index (χ1v) is 8.18. The van der Waals surface area contributed by atoms with Crippen molar-refractivity contribution in [2.24, 2.45) is 0 Å². The average Bonchev–Trinajstić information content (AvgIpc) is 3.02. The van der Waals surface area contributed by atoms with Crippen LogP contribution in [-0.4, -0.2) is 63.1 Å². The molecule has 3 rings (SSSR count). The number of hydrogen-bond acceptors (Lipinski definition) is 7. The molecular formula is C17H18N4O6. The Kier molecular flexibility index (Phi) is 5.17. The number of rotatable bonds is 5. The van der Waals surface area contributed by atoms with Gasteiger partial charge in [-0.15, -0.1) is 5.10 Å². The molecule has 2 aromatic heterocycles. The maximum atomic E-state index is 12.8. The number of amides is 1. The highest BCUT2D eigenvalue weighted by atomic mass is 16.6. The van der Waals surface area contributed by atoms with Crippen LogP contribution in [0.4, 0.5) is 5.82 Å². The van der Waals surface area contributed by atoms with E-state index in [0.717, 1.165) is 18.3 Å². The summed E-state index contributed by atoms with van der Waals surface area (Å²) in [5.41, 5.74) is 1.49. The zero-order valence-corrected chi connectivity index (χ0v) is 14.7. The van der Waals surface area contributed by atoms with Gasteiger partial charge in [-0.05, 0) is 19.1 Å². The molecule has 2 aromatic rings. The predicted octanol–water partition coefficient (Wildman–Crippen LogP) is 0.324. The summed E-state index contributed by atoms with van der Waals surface area (Å²) in [5, 5.41) is 13.7. The van der Waals surface area contributed by atoms with E-state index in [1.54, 1.807) is 29.2 Å². The van der Waals surface area contributed by atoms with Gasteiger partial charge in [0.25, 0.3) is 5.91 Å². The molecule has 10 heteroatoms. The maximum Gasteiger partial charge on any atom is 0.348 e. The van der Waals surface area contributed by atoms with E-state index in [-0.39, 0.29) is 13.2 Å². The minimum atomic E-state index is -1.72. The normalized spacial score (nSPS) is 18.2. The third-order valence-electron chi connectivity index (χ3n) is 3.97. The van der Waals surface area contributed by atoms with Crippen LogP contribution in [0.1, 0.15) is 12.6 Å². The van der Waals surface area contributed by atoms with Gasteiger partial charge in [0.15, 0.2) is 11.9 Å². The van der Waals surface area contributed by atoms with Gasteiger partial charge in [0, 0.05) is 24.9 Å². The first kappa shape index (κ1) is 18.5. The molecule has 0 spiro atoms. The van der Waals surface area contributed by atoms with Crippen molar-refractivity contribution in [1.82, 2.24) is 14.8 Å². The van der Waals surface area contributed by atoms with Crippen molar-refractivity contribution < 1.29 is 29.0 Å². The van der Waals surface area contributed by atoms with Gasteiger partial charge in [0.2, 0.25) is 6.10 Å². The topological polar surface area (TPSA) is 124 Å². The molecule has 1 amide bonds. The second-order valence-corrected chi connectivity index (χ2v) is 5.92. The molecule has 0 radical (unpaired) electrons. The number of aromatic nitrogens is 3. The Bertz CT molecular complexity index is 866.